The molecule has 0 spiro atoms. The summed E-state index contributed by atoms with van der Waals surface area (Å²) in [5.74, 6) is -1.04. The first-order valence-corrected chi connectivity index (χ1v) is 4.85. The molecule has 2 nitrogen and oxygen atoms in total. The average molecular weight is 270 g/mol. The first-order chi connectivity index (χ1) is 6.60. The fourth-order valence-corrected chi connectivity index (χ4v) is 1.32. The van der Waals surface area contributed by atoms with Gasteiger partial charge in [-0.3, -0.25) is 0 Å². The summed E-state index contributed by atoms with van der Waals surface area (Å²) < 4.78 is 37.8. The lowest BCUT2D eigenvalue weighted by Gasteiger charge is -2.08. The number of halogens is 4. The van der Waals surface area contributed by atoms with E-state index in [4.69, 9.17) is 5.11 Å². The SMILES string of the molecule is OCc1c(C(F)F)cc(CBr)nc1F. The van der Waals surface area contributed by atoms with E-state index in [-0.39, 0.29) is 11.0 Å². The predicted molar refractivity (Wildman–Crippen MR) is 47.7 cm³/mol. The molecule has 0 aliphatic carbocycles. The third-order valence-corrected chi connectivity index (χ3v) is 2.27. The molecule has 0 aromatic carbocycles. The lowest BCUT2D eigenvalue weighted by atomic mass is 10.1. The monoisotopic (exact) mass is 269 g/mol. The van der Waals surface area contributed by atoms with Gasteiger partial charge in [-0.25, -0.2) is 13.8 Å². The fourth-order valence-electron chi connectivity index (χ4n) is 1.03. The predicted octanol–water partition coefficient (Wildman–Crippen LogP) is 2.55. The first-order valence-electron chi connectivity index (χ1n) is 3.73. The van der Waals surface area contributed by atoms with Crippen LogP contribution < -0.4 is 0 Å². The summed E-state index contributed by atoms with van der Waals surface area (Å²) in [6.45, 7) is -0.777. The number of aliphatic hydroxyl groups excluding tert-OH is 1. The van der Waals surface area contributed by atoms with Crippen LogP contribution in [0.15, 0.2) is 6.07 Å². The topological polar surface area (TPSA) is 33.1 Å². The number of nitrogens with zero attached hydrogens (tertiary/aromatic N) is 1. The molecule has 0 aliphatic heterocycles. The second-order valence-corrected chi connectivity index (χ2v) is 3.13. The molecule has 0 unspecified atom stereocenters. The van der Waals surface area contributed by atoms with E-state index in [1.165, 1.54) is 0 Å². The van der Waals surface area contributed by atoms with Crippen molar-refractivity contribution in [3.05, 3.63) is 28.8 Å². The average Bonchev–Trinajstić information content (AvgIpc) is 2.16. The van der Waals surface area contributed by atoms with Crippen LogP contribution in [0, 0.1) is 5.95 Å². The second-order valence-electron chi connectivity index (χ2n) is 2.56. The smallest absolute Gasteiger partial charge is 0.264 e. The Morgan fingerprint density at radius 1 is 1.50 bits per heavy atom. The molecule has 0 bridgehead atoms. The third kappa shape index (κ3) is 2.24. The van der Waals surface area contributed by atoms with Gasteiger partial charge in [0.25, 0.3) is 6.43 Å². The van der Waals surface area contributed by atoms with Gasteiger partial charge in [0.15, 0.2) is 0 Å². The van der Waals surface area contributed by atoms with Gasteiger partial charge in [0, 0.05) is 16.5 Å². The maximum absolute atomic E-state index is 13.0. The minimum atomic E-state index is -2.81. The maximum Gasteiger partial charge on any atom is 0.264 e. The van der Waals surface area contributed by atoms with Crippen LogP contribution in [0.3, 0.4) is 0 Å². The largest absolute Gasteiger partial charge is 0.391 e. The van der Waals surface area contributed by atoms with Gasteiger partial charge in [-0.05, 0) is 6.07 Å². The van der Waals surface area contributed by atoms with Gasteiger partial charge in [0.05, 0.1) is 12.3 Å². The standard InChI is InChI=1S/C8H7BrF3NO/c9-2-4-1-5(7(10)11)6(3-14)8(12)13-4/h1,7,14H,2-3H2. The Hall–Kier alpha value is -0.620. The Bertz CT molecular complexity index is 333. The summed E-state index contributed by atoms with van der Waals surface area (Å²) >= 11 is 2.98. The summed E-state index contributed by atoms with van der Waals surface area (Å²) in [5.41, 5.74) is -0.769. The molecule has 1 N–H and O–H groups in total. The van der Waals surface area contributed by atoms with E-state index in [2.05, 4.69) is 20.9 Å². The lowest BCUT2D eigenvalue weighted by Crippen LogP contribution is -2.04. The molecule has 0 radical (unpaired) electrons. The Morgan fingerprint density at radius 2 is 2.14 bits per heavy atom. The van der Waals surface area contributed by atoms with Gasteiger partial charge in [0.2, 0.25) is 5.95 Å². The minimum Gasteiger partial charge on any atom is -0.391 e. The molecule has 0 aliphatic rings. The fraction of sp³-hybridized carbons (Fsp3) is 0.375. The summed E-state index contributed by atoms with van der Waals surface area (Å²) in [6, 6.07) is 1.08. The van der Waals surface area contributed by atoms with Crippen LogP contribution in [0.5, 0.6) is 0 Å². The number of hydrogen-bond acceptors (Lipinski definition) is 2. The van der Waals surface area contributed by atoms with E-state index in [1.807, 2.05) is 0 Å². The molecule has 0 fully saturated rings. The third-order valence-electron chi connectivity index (χ3n) is 1.69. The van der Waals surface area contributed by atoms with Crippen molar-refractivity contribution < 1.29 is 18.3 Å². The molecule has 1 rings (SSSR count). The van der Waals surface area contributed by atoms with Crippen molar-refractivity contribution in [1.29, 1.82) is 0 Å². The molecular weight excluding hydrogens is 263 g/mol. The molecule has 1 heterocycles. The highest BCUT2D eigenvalue weighted by molar-refractivity contribution is 9.08. The molecule has 1 aromatic rings. The van der Waals surface area contributed by atoms with E-state index < -0.39 is 30.1 Å². The normalized spacial score (nSPS) is 11.0. The van der Waals surface area contributed by atoms with Gasteiger partial charge in [-0.2, -0.15) is 4.39 Å². The Balaban J connectivity index is 3.28. The zero-order valence-electron chi connectivity index (χ0n) is 6.98. The summed E-state index contributed by atoms with van der Waals surface area (Å²) in [4.78, 5) is 3.40. The van der Waals surface area contributed by atoms with E-state index in [0.717, 1.165) is 6.07 Å². The zero-order valence-corrected chi connectivity index (χ0v) is 8.56. The van der Waals surface area contributed by atoms with Crippen molar-refractivity contribution in [1.82, 2.24) is 4.98 Å². The molecule has 0 atom stereocenters. The van der Waals surface area contributed by atoms with Crippen molar-refractivity contribution in [2.75, 3.05) is 0 Å². The quantitative estimate of drug-likeness (QED) is 0.676. The highest BCUT2D eigenvalue weighted by atomic mass is 79.9. The van der Waals surface area contributed by atoms with Crippen molar-refractivity contribution in [3.8, 4) is 0 Å². The number of pyridine rings is 1. The minimum absolute atomic E-state index is 0.176. The number of rotatable bonds is 3. The van der Waals surface area contributed by atoms with Crippen molar-refractivity contribution >= 4 is 15.9 Å². The van der Waals surface area contributed by atoms with Crippen LogP contribution >= 0.6 is 15.9 Å². The number of alkyl halides is 3. The second kappa shape index (κ2) is 4.75. The first kappa shape index (κ1) is 11.5. The molecule has 6 heteroatoms. The number of hydrogen-bond donors (Lipinski definition) is 1. The van der Waals surface area contributed by atoms with Crippen molar-refractivity contribution in [3.63, 3.8) is 0 Å². The molecule has 14 heavy (non-hydrogen) atoms. The van der Waals surface area contributed by atoms with Crippen LogP contribution in [-0.4, -0.2) is 10.1 Å². The molecule has 0 saturated heterocycles. The van der Waals surface area contributed by atoms with Crippen LogP contribution in [0.25, 0.3) is 0 Å². The Labute approximate surface area is 86.9 Å². The highest BCUT2D eigenvalue weighted by Crippen LogP contribution is 2.25. The maximum atomic E-state index is 13.0. The number of aliphatic hydroxyl groups is 1. The van der Waals surface area contributed by atoms with Crippen LogP contribution in [0.1, 0.15) is 23.2 Å². The van der Waals surface area contributed by atoms with Gasteiger partial charge in [-0.1, -0.05) is 15.9 Å². The van der Waals surface area contributed by atoms with E-state index >= 15 is 0 Å². The van der Waals surface area contributed by atoms with Crippen molar-refractivity contribution in [2.45, 2.75) is 18.4 Å². The van der Waals surface area contributed by atoms with E-state index in [9.17, 15) is 13.2 Å². The highest BCUT2D eigenvalue weighted by Gasteiger charge is 2.18. The summed E-state index contributed by atoms with van der Waals surface area (Å²) in [7, 11) is 0. The lowest BCUT2D eigenvalue weighted by molar-refractivity contribution is 0.145. The summed E-state index contributed by atoms with van der Waals surface area (Å²) in [5, 5.41) is 8.88. The molecule has 0 amide bonds. The van der Waals surface area contributed by atoms with Crippen LogP contribution in [0.2, 0.25) is 0 Å². The van der Waals surface area contributed by atoms with Gasteiger partial charge in [-0.15, -0.1) is 0 Å². The van der Waals surface area contributed by atoms with E-state index in [0.29, 0.717) is 0 Å². The van der Waals surface area contributed by atoms with Crippen LogP contribution in [0.4, 0.5) is 13.2 Å². The van der Waals surface area contributed by atoms with E-state index in [1.54, 1.807) is 0 Å². The number of aromatic nitrogens is 1. The van der Waals surface area contributed by atoms with Gasteiger partial charge < -0.3 is 5.11 Å². The summed E-state index contributed by atoms with van der Waals surface area (Å²) in [6.07, 6.45) is -2.81. The molecule has 78 valence electrons. The molecule has 0 saturated carbocycles. The van der Waals surface area contributed by atoms with Crippen molar-refractivity contribution in [2.24, 2.45) is 0 Å². The Morgan fingerprint density at radius 3 is 2.57 bits per heavy atom. The molecule has 1 aromatic heterocycles. The van der Waals surface area contributed by atoms with Gasteiger partial charge >= 0.3 is 0 Å². The molecular formula is C8H7BrF3NO. The zero-order chi connectivity index (χ0) is 10.7. The van der Waals surface area contributed by atoms with Crippen LogP contribution in [-0.2, 0) is 11.9 Å². The van der Waals surface area contributed by atoms with Gasteiger partial charge in [0.1, 0.15) is 0 Å². The Kier molecular flexibility index (Phi) is 3.88.